The highest BCUT2D eigenvalue weighted by Crippen LogP contribution is 2.34. The number of piperidine rings is 1. The molecule has 1 aromatic carbocycles. The molecule has 0 bridgehead atoms. The molecular formula is C21H30N4O3S2. The first kappa shape index (κ1) is 21.6. The van der Waals surface area contributed by atoms with Gasteiger partial charge in [0.25, 0.3) is 5.91 Å². The summed E-state index contributed by atoms with van der Waals surface area (Å²) in [5.41, 5.74) is 1.47. The van der Waals surface area contributed by atoms with Crippen molar-refractivity contribution in [3.63, 3.8) is 0 Å². The molecule has 2 N–H and O–H groups in total. The Morgan fingerprint density at radius 2 is 1.87 bits per heavy atom. The summed E-state index contributed by atoms with van der Waals surface area (Å²) in [7, 11) is -2.94. The van der Waals surface area contributed by atoms with Crippen LogP contribution in [0.15, 0.2) is 29.3 Å². The van der Waals surface area contributed by atoms with Crippen LogP contribution < -0.4 is 10.6 Å². The number of amidine groups is 1. The van der Waals surface area contributed by atoms with Crippen LogP contribution in [0.2, 0.25) is 0 Å². The van der Waals surface area contributed by atoms with Gasteiger partial charge in [-0.2, -0.15) is 0 Å². The van der Waals surface area contributed by atoms with Crippen molar-refractivity contribution >= 4 is 38.4 Å². The van der Waals surface area contributed by atoms with Crippen LogP contribution in [0.25, 0.3) is 0 Å². The van der Waals surface area contributed by atoms with Crippen LogP contribution in [-0.4, -0.2) is 72.4 Å². The van der Waals surface area contributed by atoms with E-state index >= 15 is 0 Å². The Kier molecular flexibility index (Phi) is 6.41. The topological polar surface area (TPSA) is 90.9 Å². The molecule has 3 aliphatic heterocycles. The number of nitrogens with one attached hydrogen (secondary N) is 2. The molecule has 7 nitrogen and oxygen atoms in total. The number of likely N-dealkylation sites (tertiary alicyclic amines) is 1. The number of anilines is 1. The third-order valence-electron chi connectivity index (χ3n) is 6.25. The van der Waals surface area contributed by atoms with Crippen LogP contribution in [0.5, 0.6) is 0 Å². The summed E-state index contributed by atoms with van der Waals surface area (Å²) in [5.74, 6) is 0.279. The van der Waals surface area contributed by atoms with E-state index in [2.05, 4.69) is 34.4 Å². The van der Waals surface area contributed by atoms with Gasteiger partial charge in [-0.15, -0.1) is 0 Å². The van der Waals surface area contributed by atoms with Crippen LogP contribution in [0, 0.1) is 0 Å². The maximum Gasteiger partial charge on any atom is 0.251 e. The average molecular weight is 451 g/mol. The second-order valence-corrected chi connectivity index (χ2v) is 11.9. The van der Waals surface area contributed by atoms with Gasteiger partial charge >= 0.3 is 0 Å². The number of rotatable bonds is 5. The molecule has 2 fully saturated rings. The minimum Gasteiger partial charge on any atom is -0.351 e. The molecule has 164 valence electrons. The zero-order valence-corrected chi connectivity index (χ0v) is 19.1. The molecule has 9 heteroatoms. The molecule has 1 aromatic rings. The zero-order valence-electron chi connectivity index (χ0n) is 17.5. The Morgan fingerprint density at radius 1 is 1.17 bits per heavy atom. The Bertz CT molecular complexity index is 907. The third kappa shape index (κ3) is 5.00. The molecular weight excluding hydrogens is 420 g/mol. The van der Waals surface area contributed by atoms with E-state index in [0.717, 1.165) is 17.4 Å². The van der Waals surface area contributed by atoms with Gasteiger partial charge in [0.15, 0.2) is 15.0 Å². The lowest BCUT2D eigenvalue weighted by Gasteiger charge is -2.39. The van der Waals surface area contributed by atoms with Crippen molar-refractivity contribution < 1.29 is 13.2 Å². The molecule has 3 heterocycles. The van der Waals surface area contributed by atoms with Gasteiger partial charge in [-0.1, -0.05) is 18.2 Å². The summed E-state index contributed by atoms with van der Waals surface area (Å²) in [6.45, 7) is 6.06. The largest absolute Gasteiger partial charge is 0.351 e. The summed E-state index contributed by atoms with van der Waals surface area (Å²) in [6.07, 6.45) is 3.75. The number of aliphatic imine (C=N–C) groups is 1. The lowest BCUT2D eigenvalue weighted by atomic mass is 9.98. The highest BCUT2D eigenvalue weighted by molar-refractivity contribution is 8.15. The molecule has 30 heavy (non-hydrogen) atoms. The van der Waals surface area contributed by atoms with Gasteiger partial charge < -0.3 is 10.6 Å². The molecule has 2 saturated heterocycles. The number of carbonyl (C=O) groups excluding carboxylic acids is 1. The van der Waals surface area contributed by atoms with Crippen LogP contribution in [-0.2, 0) is 9.84 Å². The summed E-state index contributed by atoms with van der Waals surface area (Å²) in [6, 6.07) is 8.33. The maximum atomic E-state index is 12.5. The normalized spacial score (nSPS) is 30.5. The number of carbonyl (C=O) groups is 1. The fourth-order valence-corrected chi connectivity index (χ4v) is 8.24. The van der Waals surface area contributed by atoms with Crippen LogP contribution >= 0.6 is 11.8 Å². The minimum atomic E-state index is -2.94. The molecule has 1 amide bonds. The molecule has 0 unspecified atom stereocenters. The van der Waals surface area contributed by atoms with E-state index in [1.807, 2.05) is 12.1 Å². The van der Waals surface area contributed by atoms with Crippen molar-refractivity contribution in [2.75, 3.05) is 29.9 Å². The van der Waals surface area contributed by atoms with Gasteiger partial charge in [-0.05, 0) is 51.0 Å². The molecule has 0 aliphatic carbocycles. The predicted molar refractivity (Wildman–Crippen MR) is 123 cm³/mol. The Morgan fingerprint density at radius 3 is 2.53 bits per heavy atom. The minimum absolute atomic E-state index is 0.0212. The number of benzene rings is 1. The van der Waals surface area contributed by atoms with E-state index in [-0.39, 0.29) is 28.7 Å². The molecule has 3 aliphatic rings. The fraction of sp³-hybridized carbons (Fsp3) is 0.619. The van der Waals surface area contributed by atoms with Crippen molar-refractivity contribution in [1.29, 1.82) is 0 Å². The molecule has 4 rings (SSSR count). The van der Waals surface area contributed by atoms with Gasteiger partial charge in [-0.3, -0.25) is 14.7 Å². The standard InChI is InChI=1S/C21H30N4O3S2/c1-14-4-3-5-15(2)25(14)11-10-22-20(26)16-6-8-17(9-7-16)23-21-24-18-12-30(27,28)13-19(18)29-21/h6-9,14-15,18-19H,3-5,10-13H2,1-2H3,(H,22,26)(H,23,24)/t14-,15+,18-,19+/m0/s1. The van der Waals surface area contributed by atoms with Crippen molar-refractivity contribution in [2.24, 2.45) is 4.99 Å². The Hall–Kier alpha value is -1.58. The van der Waals surface area contributed by atoms with Crippen molar-refractivity contribution in [3.8, 4) is 0 Å². The molecule has 4 atom stereocenters. The fourth-order valence-electron chi connectivity index (χ4n) is 4.56. The van der Waals surface area contributed by atoms with E-state index in [0.29, 0.717) is 24.2 Å². The number of nitrogens with zero attached hydrogens (tertiary/aromatic N) is 2. The maximum absolute atomic E-state index is 12.5. The Labute approximate surface area is 183 Å². The number of hydrogen-bond acceptors (Lipinski definition) is 7. The van der Waals surface area contributed by atoms with Gasteiger partial charge in [0.2, 0.25) is 0 Å². The van der Waals surface area contributed by atoms with E-state index in [1.165, 1.54) is 31.0 Å². The summed E-state index contributed by atoms with van der Waals surface area (Å²) in [5, 5.41) is 7.04. The molecule has 0 spiro atoms. The van der Waals surface area contributed by atoms with Gasteiger partial charge in [-0.25, -0.2) is 8.42 Å². The van der Waals surface area contributed by atoms with Crippen LogP contribution in [0.3, 0.4) is 0 Å². The van der Waals surface area contributed by atoms with Crippen molar-refractivity contribution in [1.82, 2.24) is 10.2 Å². The number of thioether (sulfide) groups is 1. The first-order valence-electron chi connectivity index (χ1n) is 10.7. The monoisotopic (exact) mass is 450 g/mol. The Balaban J connectivity index is 1.26. The number of sulfone groups is 1. The predicted octanol–water partition coefficient (Wildman–Crippen LogP) is 2.36. The van der Waals surface area contributed by atoms with Crippen LogP contribution in [0.4, 0.5) is 5.69 Å². The van der Waals surface area contributed by atoms with Crippen molar-refractivity contribution in [3.05, 3.63) is 29.8 Å². The summed E-state index contributed by atoms with van der Waals surface area (Å²) < 4.78 is 23.3. The molecule has 0 aromatic heterocycles. The number of hydrogen-bond donors (Lipinski definition) is 2. The lowest BCUT2D eigenvalue weighted by Crippen LogP contribution is -2.47. The van der Waals surface area contributed by atoms with Gasteiger partial charge in [0, 0.05) is 41.7 Å². The second kappa shape index (κ2) is 8.88. The highest BCUT2D eigenvalue weighted by atomic mass is 32.2. The van der Waals surface area contributed by atoms with E-state index < -0.39 is 9.84 Å². The first-order valence-corrected chi connectivity index (χ1v) is 13.4. The zero-order chi connectivity index (χ0) is 21.3. The van der Waals surface area contributed by atoms with Gasteiger partial charge in [0.1, 0.15) is 0 Å². The van der Waals surface area contributed by atoms with Crippen LogP contribution in [0.1, 0.15) is 43.5 Å². The third-order valence-corrected chi connectivity index (χ3v) is 9.39. The van der Waals surface area contributed by atoms with E-state index in [9.17, 15) is 13.2 Å². The van der Waals surface area contributed by atoms with Crippen molar-refractivity contribution in [2.45, 2.75) is 56.5 Å². The quantitative estimate of drug-likeness (QED) is 0.716. The summed E-state index contributed by atoms with van der Waals surface area (Å²) in [4.78, 5) is 19.4. The SMILES string of the molecule is C[C@@H]1CCC[C@H](C)N1CCNC(=O)c1ccc(NC2=N[C@H]3CS(=O)(=O)C[C@H]3S2)cc1. The average Bonchev–Trinajstić information content (AvgIpc) is 3.17. The first-order chi connectivity index (χ1) is 14.3. The van der Waals surface area contributed by atoms with E-state index in [4.69, 9.17) is 0 Å². The van der Waals surface area contributed by atoms with E-state index in [1.54, 1.807) is 12.1 Å². The number of amides is 1. The smallest absolute Gasteiger partial charge is 0.251 e. The highest BCUT2D eigenvalue weighted by Gasteiger charge is 2.42. The lowest BCUT2D eigenvalue weighted by molar-refractivity contribution is 0.0889. The summed E-state index contributed by atoms with van der Waals surface area (Å²) >= 11 is 1.49. The molecule has 0 radical (unpaired) electrons. The second-order valence-electron chi connectivity index (χ2n) is 8.56. The number of fused-ring (bicyclic) bond motifs is 1. The van der Waals surface area contributed by atoms with Gasteiger partial charge in [0.05, 0.1) is 17.5 Å². The molecule has 0 saturated carbocycles.